The van der Waals surface area contributed by atoms with Crippen LogP contribution >= 0.6 is 12.2 Å². The Bertz CT molecular complexity index is 641. The van der Waals surface area contributed by atoms with Crippen LogP contribution in [-0.2, 0) is 11.3 Å². The Labute approximate surface area is 111 Å². The SMILES string of the molecule is CCN(C)C(=O)Cn1c(=S)[nH]c2cccc(C)c21. The van der Waals surface area contributed by atoms with E-state index in [0.29, 0.717) is 11.3 Å². The molecule has 0 atom stereocenters. The van der Waals surface area contributed by atoms with Crippen LogP contribution in [0.2, 0.25) is 0 Å². The van der Waals surface area contributed by atoms with Crippen molar-refractivity contribution in [3.05, 3.63) is 28.5 Å². The van der Waals surface area contributed by atoms with E-state index in [0.717, 1.165) is 16.6 Å². The number of carbonyl (C=O) groups excluding carboxylic acids is 1. The number of fused-ring (bicyclic) bond motifs is 1. The lowest BCUT2D eigenvalue weighted by Crippen LogP contribution is -2.29. The molecule has 1 amide bonds. The van der Waals surface area contributed by atoms with Crippen molar-refractivity contribution in [3.8, 4) is 0 Å². The maximum Gasteiger partial charge on any atom is 0.242 e. The van der Waals surface area contributed by atoms with Crippen LogP contribution in [0.3, 0.4) is 0 Å². The molecule has 1 aromatic heterocycles. The summed E-state index contributed by atoms with van der Waals surface area (Å²) in [6, 6.07) is 5.98. The lowest BCUT2D eigenvalue weighted by atomic mass is 10.2. The van der Waals surface area contributed by atoms with Gasteiger partial charge in [0, 0.05) is 13.6 Å². The van der Waals surface area contributed by atoms with Gasteiger partial charge in [0.15, 0.2) is 4.77 Å². The third kappa shape index (κ3) is 2.18. The average Bonchev–Trinajstić information content (AvgIpc) is 2.66. The molecule has 0 saturated carbocycles. The predicted molar refractivity (Wildman–Crippen MR) is 75.2 cm³/mol. The molecule has 5 heteroatoms. The van der Waals surface area contributed by atoms with Crippen molar-refractivity contribution in [1.29, 1.82) is 0 Å². The number of imidazole rings is 1. The highest BCUT2D eigenvalue weighted by atomic mass is 32.1. The second kappa shape index (κ2) is 4.94. The summed E-state index contributed by atoms with van der Waals surface area (Å²) >= 11 is 5.29. The van der Waals surface area contributed by atoms with Crippen molar-refractivity contribution in [2.24, 2.45) is 0 Å². The number of aryl methyl sites for hydroxylation is 1. The van der Waals surface area contributed by atoms with E-state index in [1.807, 2.05) is 36.6 Å². The first-order chi connectivity index (χ1) is 8.54. The van der Waals surface area contributed by atoms with Gasteiger partial charge in [-0.15, -0.1) is 0 Å². The van der Waals surface area contributed by atoms with Crippen LogP contribution in [-0.4, -0.2) is 34.0 Å². The molecular formula is C13H17N3OS. The van der Waals surface area contributed by atoms with Gasteiger partial charge in [-0.2, -0.15) is 0 Å². The van der Waals surface area contributed by atoms with Crippen molar-refractivity contribution in [2.45, 2.75) is 20.4 Å². The molecule has 0 aliphatic carbocycles. The van der Waals surface area contributed by atoms with Crippen LogP contribution < -0.4 is 0 Å². The van der Waals surface area contributed by atoms with Gasteiger partial charge in [0.05, 0.1) is 11.0 Å². The number of benzene rings is 1. The number of nitrogens with zero attached hydrogens (tertiary/aromatic N) is 2. The zero-order chi connectivity index (χ0) is 13.3. The molecular weight excluding hydrogens is 246 g/mol. The fourth-order valence-corrected chi connectivity index (χ4v) is 2.25. The maximum atomic E-state index is 12.0. The monoisotopic (exact) mass is 263 g/mol. The van der Waals surface area contributed by atoms with Crippen LogP contribution in [0.25, 0.3) is 11.0 Å². The Hall–Kier alpha value is -1.62. The number of para-hydroxylation sites is 1. The van der Waals surface area contributed by atoms with Gasteiger partial charge in [0.25, 0.3) is 0 Å². The summed E-state index contributed by atoms with van der Waals surface area (Å²) in [5.74, 6) is 0.0674. The summed E-state index contributed by atoms with van der Waals surface area (Å²) in [5.41, 5.74) is 3.11. The maximum absolute atomic E-state index is 12.0. The van der Waals surface area contributed by atoms with Crippen LogP contribution in [0, 0.1) is 11.7 Å². The van der Waals surface area contributed by atoms with E-state index >= 15 is 0 Å². The minimum absolute atomic E-state index is 0.0674. The summed E-state index contributed by atoms with van der Waals surface area (Å²) in [5, 5.41) is 0. The predicted octanol–water partition coefficient (Wildman–Crippen LogP) is 2.49. The number of carbonyl (C=O) groups is 1. The molecule has 0 saturated heterocycles. The Balaban J connectivity index is 2.48. The summed E-state index contributed by atoms with van der Waals surface area (Å²) in [6.07, 6.45) is 0. The smallest absolute Gasteiger partial charge is 0.242 e. The summed E-state index contributed by atoms with van der Waals surface area (Å²) in [4.78, 5) is 16.8. The van der Waals surface area contributed by atoms with E-state index in [9.17, 15) is 4.79 Å². The molecule has 0 fully saturated rings. The fraction of sp³-hybridized carbons (Fsp3) is 0.385. The first kappa shape index (κ1) is 12.8. The number of aromatic amines is 1. The number of aromatic nitrogens is 2. The summed E-state index contributed by atoms with van der Waals surface area (Å²) in [7, 11) is 1.80. The van der Waals surface area contributed by atoms with Crippen LogP contribution in [0.4, 0.5) is 0 Å². The van der Waals surface area contributed by atoms with E-state index < -0.39 is 0 Å². The molecule has 1 heterocycles. The van der Waals surface area contributed by atoms with Crippen molar-refractivity contribution in [3.63, 3.8) is 0 Å². The normalized spacial score (nSPS) is 10.8. The van der Waals surface area contributed by atoms with Gasteiger partial charge in [0.2, 0.25) is 5.91 Å². The van der Waals surface area contributed by atoms with E-state index in [-0.39, 0.29) is 12.5 Å². The Morgan fingerprint density at radius 2 is 2.22 bits per heavy atom. The quantitative estimate of drug-likeness (QED) is 0.864. The summed E-state index contributed by atoms with van der Waals surface area (Å²) in [6.45, 7) is 4.97. The summed E-state index contributed by atoms with van der Waals surface area (Å²) < 4.78 is 2.46. The van der Waals surface area contributed by atoms with Crippen LogP contribution in [0.5, 0.6) is 0 Å². The largest absolute Gasteiger partial charge is 0.344 e. The van der Waals surface area contributed by atoms with Gasteiger partial charge in [0.1, 0.15) is 6.54 Å². The average molecular weight is 263 g/mol. The molecule has 0 bridgehead atoms. The third-order valence-corrected chi connectivity index (χ3v) is 3.51. The highest BCUT2D eigenvalue weighted by Gasteiger charge is 2.12. The highest BCUT2D eigenvalue weighted by molar-refractivity contribution is 7.71. The Morgan fingerprint density at radius 3 is 2.89 bits per heavy atom. The van der Waals surface area contributed by atoms with Crippen molar-refractivity contribution in [1.82, 2.24) is 14.5 Å². The van der Waals surface area contributed by atoms with Gasteiger partial charge in [-0.1, -0.05) is 12.1 Å². The second-order valence-corrected chi connectivity index (χ2v) is 4.78. The lowest BCUT2D eigenvalue weighted by molar-refractivity contribution is -0.130. The fourth-order valence-electron chi connectivity index (χ4n) is 1.99. The van der Waals surface area contributed by atoms with Gasteiger partial charge in [-0.3, -0.25) is 4.79 Å². The van der Waals surface area contributed by atoms with E-state index in [1.165, 1.54) is 0 Å². The number of H-pyrrole nitrogens is 1. The van der Waals surface area contributed by atoms with E-state index in [2.05, 4.69) is 4.98 Å². The highest BCUT2D eigenvalue weighted by Crippen LogP contribution is 2.18. The van der Waals surface area contributed by atoms with Crippen molar-refractivity contribution < 1.29 is 4.79 Å². The van der Waals surface area contributed by atoms with E-state index in [4.69, 9.17) is 12.2 Å². The molecule has 1 aromatic carbocycles. The zero-order valence-corrected chi connectivity index (χ0v) is 11.7. The number of amides is 1. The number of nitrogens with one attached hydrogen (secondary N) is 1. The first-order valence-corrected chi connectivity index (χ1v) is 6.37. The molecule has 2 rings (SSSR count). The molecule has 0 aliphatic heterocycles. The third-order valence-electron chi connectivity index (χ3n) is 3.19. The number of rotatable bonds is 3. The van der Waals surface area contributed by atoms with E-state index in [1.54, 1.807) is 11.9 Å². The number of hydrogen-bond donors (Lipinski definition) is 1. The second-order valence-electron chi connectivity index (χ2n) is 4.40. The molecule has 2 aromatic rings. The minimum atomic E-state index is 0.0674. The molecule has 0 radical (unpaired) electrons. The minimum Gasteiger partial charge on any atom is -0.344 e. The van der Waals surface area contributed by atoms with Gasteiger partial charge in [-0.05, 0) is 37.7 Å². The molecule has 1 N–H and O–H groups in total. The standard InChI is InChI=1S/C13H17N3OS/c1-4-15(3)11(17)8-16-12-9(2)6-5-7-10(12)14-13(16)18/h5-7H,4,8H2,1-3H3,(H,14,18). The molecule has 0 unspecified atom stereocenters. The molecule has 0 aliphatic rings. The van der Waals surface area contributed by atoms with Crippen molar-refractivity contribution in [2.75, 3.05) is 13.6 Å². The first-order valence-electron chi connectivity index (χ1n) is 5.96. The van der Waals surface area contributed by atoms with Crippen LogP contribution in [0.1, 0.15) is 12.5 Å². The zero-order valence-electron chi connectivity index (χ0n) is 10.9. The van der Waals surface area contributed by atoms with Crippen molar-refractivity contribution >= 4 is 29.2 Å². The van der Waals surface area contributed by atoms with Crippen LogP contribution in [0.15, 0.2) is 18.2 Å². The number of hydrogen-bond acceptors (Lipinski definition) is 2. The number of likely N-dealkylation sites (N-methyl/N-ethyl adjacent to an activating group) is 1. The molecule has 96 valence electrons. The Morgan fingerprint density at radius 1 is 1.50 bits per heavy atom. The Kier molecular flexibility index (Phi) is 3.52. The molecule has 0 spiro atoms. The molecule has 18 heavy (non-hydrogen) atoms. The van der Waals surface area contributed by atoms with Gasteiger partial charge in [-0.25, -0.2) is 0 Å². The lowest BCUT2D eigenvalue weighted by Gasteiger charge is -2.15. The molecule has 4 nitrogen and oxygen atoms in total. The van der Waals surface area contributed by atoms with Gasteiger partial charge >= 0.3 is 0 Å². The van der Waals surface area contributed by atoms with Gasteiger partial charge < -0.3 is 14.5 Å². The topological polar surface area (TPSA) is 41.0 Å².